The number of nitrogens with zero attached hydrogens (tertiary/aromatic N) is 5. The summed E-state index contributed by atoms with van der Waals surface area (Å²) in [5, 5.41) is 30.3. The Morgan fingerprint density at radius 3 is 2.50 bits per heavy atom. The van der Waals surface area contributed by atoms with Crippen LogP contribution in [0.3, 0.4) is 0 Å². The van der Waals surface area contributed by atoms with Gasteiger partial charge in [0.25, 0.3) is 5.56 Å². The smallest absolute Gasteiger partial charge is 0.277 e. The van der Waals surface area contributed by atoms with E-state index in [0.29, 0.717) is 25.8 Å². The zero-order valence-corrected chi connectivity index (χ0v) is 19.5. The molecule has 0 atom stereocenters. The van der Waals surface area contributed by atoms with Crippen LogP contribution in [0.2, 0.25) is 0 Å². The number of fused-ring (bicyclic) bond motifs is 2. The van der Waals surface area contributed by atoms with E-state index in [1.807, 2.05) is 36.4 Å². The molecule has 0 saturated heterocycles. The van der Waals surface area contributed by atoms with E-state index in [0.717, 1.165) is 53.0 Å². The molecule has 164 valence electrons. The van der Waals surface area contributed by atoms with E-state index in [1.54, 1.807) is 6.08 Å². The summed E-state index contributed by atoms with van der Waals surface area (Å²) in [4.78, 5) is 19.1. The number of nitrogen functional groups attached to an aromatic ring is 1. The van der Waals surface area contributed by atoms with Crippen molar-refractivity contribution >= 4 is 50.4 Å². The average Bonchev–Trinajstić information content (AvgIpc) is 3.45. The fourth-order valence-corrected chi connectivity index (χ4v) is 6.49. The first-order chi connectivity index (χ1) is 16.6. The molecule has 1 aliphatic carbocycles. The first-order valence-corrected chi connectivity index (χ1v) is 12.2. The molecule has 0 saturated carbocycles. The number of nitrogens with two attached hydrogens (primary N) is 1. The van der Waals surface area contributed by atoms with E-state index in [9.17, 15) is 20.6 Å². The van der Waals surface area contributed by atoms with Crippen LogP contribution >= 0.6 is 22.7 Å². The second-order valence-electron chi connectivity index (χ2n) is 7.80. The lowest BCUT2D eigenvalue weighted by atomic mass is 9.96. The van der Waals surface area contributed by atoms with Crippen molar-refractivity contribution in [3.05, 3.63) is 72.8 Å². The Labute approximate surface area is 202 Å². The van der Waals surface area contributed by atoms with E-state index >= 15 is 0 Å². The number of anilines is 1. The van der Waals surface area contributed by atoms with Gasteiger partial charge in [0.1, 0.15) is 33.8 Å². The quantitative estimate of drug-likeness (QED) is 0.420. The van der Waals surface area contributed by atoms with Gasteiger partial charge in [-0.3, -0.25) is 4.79 Å². The number of hydrogen-bond acceptors (Lipinski definition) is 8. The molecule has 0 amide bonds. The first kappa shape index (κ1) is 21.6. The van der Waals surface area contributed by atoms with E-state index < -0.39 is 5.56 Å². The predicted molar refractivity (Wildman–Crippen MR) is 134 cm³/mol. The minimum Gasteiger partial charge on any atom is -0.396 e. The van der Waals surface area contributed by atoms with Gasteiger partial charge in [0, 0.05) is 4.88 Å². The number of rotatable bonds is 3. The van der Waals surface area contributed by atoms with Crippen LogP contribution in [-0.2, 0) is 12.8 Å². The number of hydrogen-bond donors (Lipinski definition) is 1. The molecular weight excluding hydrogens is 464 g/mol. The number of nitriles is 3. The van der Waals surface area contributed by atoms with Gasteiger partial charge in [0.05, 0.1) is 21.5 Å². The molecule has 0 aliphatic heterocycles. The highest BCUT2D eigenvalue weighted by atomic mass is 32.1. The van der Waals surface area contributed by atoms with E-state index in [1.165, 1.54) is 15.9 Å². The molecule has 7 nitrogen and oxygen atoms in total. The second-order valence-corrected chi connectivity index (χ2v) is 9.88. The highest BCUT2D eigenvalue weighted by molar-refractivity contribution is 7.20. The zero-order chi connectivity index (χ0) is 23.8. The Hall–Kier alpha value is -4.23. The van der Waals surface area contributed by atoms with Gasteiger partial charge in [-0.25, -0.2) is 9.55 Å². The largest absolute Gasteiger partial charge is 0.396 e. The van der Waals surface area contributed by atoms with Crippen LogP contribution < -0.4 is 11.3 Å². The molecule has 1 aromatic carbocycles. The lowest BCUT2D eigenvalue weighted by Gasteiger charge is -2.10. The molecule has 3 aromatic heterocycles. The van der Waals surface area contributed by atoms with Crippen molar-refractivity contribution in [3.8, 4) is 23.2 Å². The van der Waals surface area contributed by atoms with Crippen molar-refractivity contribution in [1.82, 2.24) is 9.55 Å². The molecule has 0 unspecified atom stereocenters. The number of aryl methyl sites for hydroxylation is 1. The standard InChI is InChI=1S/C25H16N6OS2/c26-11-15(10-14-6-2-1-3-7-14)23-30-22-21(34-23)20(29)18(13-28)24(32)31(22)25-17(12-27)16-8-4-5-9-19(16)33-25/h1-3,6-7,10H,4-5,8-9,29H2/b15-10+. The van der Waals surface area contributed by atoms with Crippen LogP contribution in [-0.4, -0.2) is 9.55 Å². The Kier molecular flexibility index (Phi) is 5.47. The number of allylic oxidation sites excluding steroid dienone is 1. The van der Waals surface area contributed by atoms with Crippen molar-refractivity contribution in [3.63, 3.8) is 0 Å². The molecule has 0 spiro atoms. The van der Waals surface area contributed by atoms with Crippen molar-refractivity contribution in [2.24, 2.45) is 0 Å². The molecule has 2 N–H and O–H groups in total. The normalized spacial score (nSPS) is 13.1. The van der Waals surface area contributed by atoms with Gasteiger partial charge in [-0.2, -0.15) is 15.8 Å². The molecule has 4 aromatic rings. The van der Waals surface area contributed by atoms with Crippen molar-refractivity contribution in [1.29, 1.82) is 15.8 Å². The SMILES string of the molecule is N#C/C(=C\c1ccccc1)c1nc2c(s1)c(N)c(C#N)c(=O)n2-c1sc2c(c1C#N)CCCC2. The predicted octanol–water partition coefficient (Wildman–Crippen LogP) is 4.78. The van der Waals surface area contributed by atoms with Crippen molar-refractivity contribution < 1.29 is 0 Å². The summed E-state index contributed by atoms with van der Waals surface area (Å²) in [6, 6.07) is 15.7. The van der Waals surface area contributed by atoms with E-state index in [-0.39, 0.29) is 16.9 Å². The zero-order valence-electron chi connectivity index (χ0n) is 17.8. The van der Waals surface area contributed by atoms with Gasteiger partial charge in [-0.1, -0.05) is 30.3 Å². The average molecular weight is 481 g/mol. The highest BCUT2D eigenvalue weighted by Crippen LogP contribution is 2.39. The molecular formula is C25H16N6OS2. The minimum absolute atomic E-state index is 0.0410. The van der Waals surface area contributed by atoms with Crippen molar-refractivity contribution in [2.45, 2.75) is 25.7 Å². The number of thiophene rings is 1. The summed E-state index contributed by atoms with van der Waals surface area (Å²) in [6.45, 7) is 0. The van der Waals surface area contributed by atoms with Crippen LogP contribution in [0.1, 0.15) is 45.0 Å². The summed E-state index contributed by atoms with van der Waals surface area (Å²) >= 11 is 2.55. The fourth-order valence-electron chi connectivity index (χ4n) is 4.17. The van der Waals surface area contributed by atoms with Gasteiger partial charge in [-0.05, 0) is 42.9 Å². The van der Waals surface area contributed by atoms with E-state index in [2.05, 4.69) is 17.1 Å². The number of thiazole rings is 1. The van der Waals surface area contributed by atoms with Crippen molar-refractivity contribution in [2.75, 3.05) is 5.73 Å². The number of benzene rings is 1. The first-order valence-electron chi connectivity index (χ1n) is 10.5. The summed E-state index contributed by atoms with van der Waals surface area (Å²) in [7, 11) is 0. The lowest BCUT2D eigenvalue weighted by molar-refractivity contribution is 0.695. The van der Waals surface area contributed by atoms with Crippen LogP contribution in [0.5, 0.6) is 0 Å². The number of aromatic nitrogens is 2. The Morgan fingerprint density at radius 2 is 1.79 bits per heavy atom. The fraction of sp³-hybridized carbons (Fsp3) is 0.160. The Bertz CT molecular complexity index is 1670. The maximum atomic E-state index is 13.4. The third-order valence-corrected chi connectivity index (χ3v) is 8.18. The van der Waals surface area contributed by atoms with Crippen LogP contribution in [0.15, 0.2) is 35.1 Å². The summed E-state index contributed by atoms with van der Waals surface area (Å²) in [5.41, 5.74) is 8.29. The van der Waals surface area contributed by atoms with Crippen LogP contribution in [0.4, 0.5) is 5.69 Å². The van der Waals surface area contributed by atoms with Gasteiger partial charge in [-0.15, -0.1) is 22.7 Å². The Balaban J connectivity index is 1.82. The molecule has 1 aliphatic rings. The van der Waals surface area contributed by atoms with Crippen LogP contribution in [0.25, 0.3) is 27.0 Å². The molecule has 34 heavy (non-hydrogen) atoms. The minimum atomic E-state index is -0.606. The monoisotopic (exact) mass is 480 g/mol. The summed E-state index contributed by atoms with van der Waals surface area (Å²) in [6.07, 6.45) is 5.38. The van der Waals surface area contributed by atoms with Gasteiger partial charge in [0.15, 0.2) is 5.65 Å². The molecule has 5 rings (SSSR count). The molecule has 9 heteroatoms. The maximum absolute atomic E-state index is 13.4. The number of pyridine rings is 1. The van der Waals surface area contributed by atoms with Gasteiger partial charge < -0.3 is 5.73 Å². The lowest BCUT2D eigenvalue weighted by Crippen LogP contribution is -2.23. The summed E-state index contributed by atoms with van der Waals surface area (Å²) in [5.74, 6) is 0. The highest BCUT2D eigenvalue weighted by Gasteiger charge is 2.27. The Morgan fingerprint density at radius 1 is 1.06 bits per heavy atom. The molecule has 0 radical (unpaired) electrons. The van der Waals surface area contributed by atoms with Gasteiger partial charge >= 0.3 is 0 Å². The maximum Gasteiger partial charge on any atom is 0.277 e. The third-order valence-electron chi connectivity index (χ3n) is 5.79. The van der Waals surface area contributed by atoms with E-state index in [4.69, 9.17) is 5.73 Å². The molecule has 0 bridgehead atoms. The van der Waals surface area contributed by atoms with Crippen LogP contribution in [0, 0.1) is 34.0 Å². The molecule has 0 fully saturated rings. The summed E-state index contributed by atoms with van der Waals surface area (Å²) < 4.78 is 1.78. The third kappa shape index (κ3) is 3.38. The van der Waals surface area contributed by atoms with Gasteiger partial charge in [0.2, 0.25) is 0 Å². The second kappa shape index (κ2) is 8.61. The topological polar surface area (TPSA) is 132 Å². The molecule has 3 heterocycles.